The van der Waals surface area contributed by atoms with Crippen LogP contribution in [0.3, 0.4) is 0 Å². The molecule has 0 saturated carbocycles. The number of hydrogen-bond acceptors (Lipinski definition) is 2. The van der Waals surface area contributed by atoms with Crippen molar-refractivity contribution in [2.75, 3.05) is 0 Å². The van der Waals surface area contributed by atoms with Crippen LogP contribution in [0.15, 0.2) is 36.5 Å². The zero-order valence-electron chi connectivity index (χ0n) is 13.4. The predicted molar refractivity (Wildman–Crippen MR) is 88.9 cm³/mol. The molecule has 0 saturated heterocycles. The summed E-state index contributed by atoms with van der Waals surface area (Å²) in [6.07, 6.45) is 2.05. The summed E-state index contributed by atoms with van der Waals surface area (Å²) in [5, 5.41) is 9.43. The molecule has 0 aliphatic carbocycles. The van der Waals surface area contributed by atoms with Crippen LogP contribution in [0.2, 0.25) is 0 Å². The van der Waals surface area contributed by atoms with Crippen LogP contribution in [0.1, 0.15) is 35.2 Å². The summed E-state index contributed by atoms with van der Waals surface area (Å²) < 4.78 is 2.05. The largest absolute Gasteiger partial charge is 0.302 e. The van der Waals surface area contributed by atoms with Gasteiger partial charge in [0.05, 0.1) is 23.4 Å². The first-order valence-electron chi connectivity index (χ1n) is 7.47. The molecule has 0 amide bonds. The van der Waals surface area contributed by atoms with E-state index in [9.17, 15) is 5.26 Å². The number of aryl methyl sites for hydroxylation is 3. The second kappa shape index (κ2) is 5.31. The highest BCUT2D eigenvalue weighted by Crippen LogP contribution is 2.32. The van der Waals surface area contributed by atoms with E-state index >= 15 is 0 Å². The van der Waals surface area contributed by atoms with Crippen molar-refractivity contribution in [1.82, 2.24) is 9.38 Å². The molecule has 3 heteroatoms. The topological polar surface area (TPSA) is 41.1 Å². The fraction of sp³-hybridized carbons (Fsp3) is 0.263. The molecule has 0 bridgehead atoms. The molecule has 22 heavy (non-hydrogen) atoms. The molecule has 1 aromatic carbocycles. The van der Waals surface area contributed by atoms with Gasteiger partial charge in [0.2, 0.25) is 0 Å². The molecule has 0 fully saturated rings. The summed E-state index contributed by atoms with van der Waals surface area (Å²) in [7, 11) is 0. The molecule has 0 aliphatic heterocycles. The van der Waals surface area contributed by atoms with E-state index in [2.05, 4.69) is 61.7 Å². The van der Waals surface area contributed by atoms with Crippen molar-refractivity contribution >= 4 is 5.65 Å². The number of pyridine rings is 1. The summed E-state index contributed by atoms with van der Waals surface area (Å²) >= 11 is 0. The lowest BCUT2D eigenvalue weighted by molar-refractivity contribution is 0.897. The number of imidazole rings is 1. The number of hydrogen-bond donors (Lipinski definition) is 0. The molecular weight excluding hydrogens is 270 g/mol. The third kappa shape index (κ3) is 2.27. The average molecular weight is 289 g/mol. The van der Waals surface area contributed by atoms with Gasteiger partial charge < -0.3 is 4.40 Å². The lowest BCUT2D eigenvalue weighted by atomic mass is 9.98. The van der Waals surface area contributed by atoms with E-state index in [0.717, 1.165) is 28.2 Å². The van der Waals surface area contributed by atoms with Gasteiger partial charge in [-0.3, -0.25) is 0 Å². The minimum Gasteiger partial charge on any atom is -0.302 e. The normalized spacial score (nSPS) is 12.3. The van der Waals surface area contributed by atoms with Crippen LogP contribution in [0, 0.1) is 32.1 Å². The predicted octanol–water partition coefficient (Wildman–Crippen LogP) is 4.55. The lowest BCUT2D eigenvalue weighted by Crippen LogP contribution is -1.99. The van der Waals surface area contributed by atoms with Crippen LogP contribution < -0.4 is 0 Å². The van der Waals surface area contributed by atoms with Crippen molar-refractivity contribution in [1.29, 1.82) is 5.26 Å². The number of fused-ring (bicyclic) bond motifs is 1. The smallest absolute Gasteiger partial charge is 0.137 e. The third-order valence-electron chi connectivity index (χ3n) is 4.04. The molecule has 0 N–H and O–H groups in total. The fourth-order valence-electron chi connectivity index (χ4n) is 2.92. The Hall–Kier alpha value is -2.60. The maximum absolute atomic E-state index is 9.43. The van der Waals surface area contributed by atoms with Gasteiger partial charge >= 0.3 is 0 Å². The van der Waals surface area contributed by atoms with Gasteiger partial charge in [-0.05, 0) is 44.9 Å². The Kier molecular flexibility index (Phi) is 3.46. The zero-order chi connectivity index (χ0) is 15.9. The summed E-state index contributed by atoms with van der Waals surface area (Å²) in [4.78, 5) is 4.80. The first-order chi connectivity index (χ1) is 10.5. The average Bonchev–Trinajstić information content (AvgIpc) is 2.84. The van der Waals surface area contributed by atoms with Crippen LogP contribution in [-0.4, -0.2) is 9.38 Å². The zero-order valence-corrected chi connectivity index (χ0v) is 13.4. The van der Waals surface area contributed by atoms with Gasteiger partial charge in [-0.25, -0.2) is 4.98 Å². The number of nitriles is 1. The summed E-state index contributed by atoms with van der Waals surface area (Å²) in [5.41, 5.74) is 7.44. The van der Waals surface area contributed by atoms with E-state index in [-0.39, 0.29) is 5.92 Å². The maximum Gasteiger partial charge on any atom is 0.137 e. The summed E-state index contributed by atoms with van der Waals surface area (Å²) in [6, 6.07) is 12.8. The van der Waals surface area contributed by atoms with Crippen molar-refractivity contribution in [2.24, 2.45) is 0 Å². The Morgan fingerprint density at radius 3 is 2.50 bits per heavy atom. The number of rotatable bonds is 2. The molecular formula is C19H19N3. The van der Waals surface area contributed by atoms with E-state index < -0.39 is 0 Å². The van der Waals surface area contributed by atoms with Crippen molar-refractivity contribution in [3.05, 3.63) is 58.9 Å². The highest BCUT2D eigenvalue weighted by Gasteiger charge is 2.20. The number of nitrogens with zero attached hydrogens (tertiary/aromatic N) is 3. The van der Waals surface area contributed by atoms with Gasteiger partial charge in [-0.2, -0.15) is 5.26 Å². The van der Waals surface area contributed by atoms with E-state index in [4.69, 9.17) is 4.98 Å². The maximum atomic E-state index is 9.43. The van der Waals surface area contributed by atoms with E-state index in [1.165, 1.54) is 11.1 Å². The Morgan fingerprint density at radius 2 is 1.82 bits per heavy atom. The lowest BCUT2D eigenvalue weighted by Gasteiger charge is -2.10. The van der Waals surface area contributed by atoms with Crippen LogP contribution in [-0.2, 0) is 0 Å². The SMILES string of the molecule is Cc1ccc(-c2nc3ccc(C)cn3c2C(C)C#N)c(C)c1. The van der Waals surface area contributed by atoms with Crippen molar-refractivity contribution in [2.45, 2.75) is 33.6 Å². The first-order valence-corrected chi connectivity index (χ1v) is 7.47. The van der Waals surface area contributed by atoms with E-state index in [0.29, 0.717) is 0 Å². The Balaban J connectivity index is 2.36. The highest BCUT2D eigenvalue weighted by molar-refractivity contribution is 5.71. The third-order valence-corrected chi connectivity index (χ3v) is 4.04. The highest BCUT2D eigenvalue weighted by atomic mass is 15.0. The van der Waals surface area contributed by atoms with Crippen molar-refractivity contribution in [3.8, 4) is 17.3 Å². The minimum atomic E-state index is -0.215. The molecule has 3 nitrogen and oxygen atoms in total. The van der Waals surface area contributed by atoms with Crippen LogP contribution >= 0.6 is 0 Å². The van der Waals surface area contributed by atoms with Gasteiger partial charge in [-0.1, -0.05) is 29.8 Å². The van der Waals surface area contributed by atoms with Gasteiger partial charge in [0, 0.05) is 11.8 Å². The molecule has 110 valence electrons. The Labute approximate surface area is 130 Å². The number of aromatic nitrogens is 2. The molecule has 0 spiro atoms. The molecule has 1 atom stereocenters. The number of benzene rings is 1. The molecule has 0 radical (unpaired) electrons. The second-order valence-corrected chi connectivity index (χ2v) is 5.95. The van der Waals surface area contributed by atoms with Crippen LogP contribution in [0.4, 0.5) is 0 Å². The van der Waals surface area contributed by atoms with Crippen LogP contribution in [0.5, 0.6) is 0 Å². The van der Waals surface area contributed by atoms with Crippen molar-refractivity contribution in [3.63, 3.8) is 0 Å². The molecule has 0 aliphatic rings. The molecule has 2 aromatic heterocycles. The molecule has 2 heterocycles. The van der Waals surface area contributed by atoms with Crippen LogP contribution in [0.25, 0.3) is 16.9 Å². The Morgan fingerprint density at radius 1 is 1.09 bits per heavy atom. The molecule has 3 rings (SSSR count). The second-order valence-electron chi connectivity index (χ2n) is 5.95. The standard InChI is InChI=1S/C19H19N3/c1-12-5-7-16(14(3)9-12)18-19(15(4)10-20)22-11-13(2)6-8-17(22)21-18/h5-9,11,15H,1-4H3. The van der Waals surface area contributed by atoms with Gasteiger partial charge in [-0.15, -0.1) is 0 Å². The fourth-order valence-corrected chi connectivity index (χ4v) is 2.92. The first kappa shape index (κ1) is 14.3. The van der Waals surface area contributed by atoms with Gasteiger partial charge in [0.15, 0.2) is 0 Å². The van der Waals surface area contributed by atoms with Gasteiger partial charge in [0.1, 0.15) is 5.65 Å². The summed E-state index contributed by atoms with van der Waals surface area (Å²) in [6.45, 7) is 8.16. The Bertz CT molecular complexity index is 897. The minimum absolute atomic E-state index is 0.215. The van der Waals surface area contributed by atoms with Crippen molar-refractivity contribution < 1.29 is 0 Å². The molecule has 3 aromatic rings. The molecule has 1 unspecified atom stereocenters. The van der Waals surface area contributed by atoms with E-state index in [1.807, 2.05) is 13.0 Å². The monoisotopic (exact) mass is 289 g/mol. The summed E-state index contributed by atoms with van der Waals surface area (Å²) in [5.74, 6) is -0.215. The van der Waals surface area contributed by atoms with Gasteiger partial charge in [0.25, 0.3) is 0 Å². The quantitative estimate of drug-likeness (QED) is 0.694. The van der Waals surface area contributed by atoms with E-state index in [1.54, 1.807) is 0 Å².